The predicted octanol–water partition coefficient (Wildman–Crippen LogP) is 5.96. The van der Waals surface area contributed by atoms with Crippen molar-refractivity contribution in [2.45, 2.75) is 63.7 Å². The molecule has 0 spiro atoms. The lowest BCUT2D eigenvalue weighted by molar-refractivity contribution is 0.0877. The van der Waals surface area contributed by atoms with E-state index in [-0.39, 0.29) is 17.5 Å². The first-order chi connectivity index (χ1) is 17.9. The summed E-state index contributed by atoms with van der Waals surface area (Å²) in [6, 6.07) is 3.04. The van der Waals surface area contributed by atoms with Gasteiger partial charge < -0.3 is 15.0 Å². The maximum Gasteiger partial charge on any atom is 0.263 e. The molecule has 0 unspecified atom stereocenters. The van der Waals surface area contributed by atoms with Crippen molar-refractivity contribution in [1.29, 1.82) is 0 Å². The third-order valence-electron chi connectivity index (χ3n) is 6.96. The summed E-state index contributed by atoms with van der Waals surface area (Å²) in [5.74, 6) is 0.374. The molecule has 2 fully saturated rings. The van der Waals surface area contributed by atoms with Crippen LogP contribution in [0.15, 0.2) is 29.6 Å². The van der Waals surface area contributed by atoms with Crippen molar-refractivity contribution in [2.75, 3.05) is 6.61 Å². The molecule has 0 saturated heterocycles. The van der Waals surface area contributed by atoms with Crippen LogP contribution in [-0.4, -0.2) is 45.7 Å². The second kappa shape index (κ2) is 10.3. The number of hydrogen-bond acceptors (Lipinski definition) is 5. The lowest BCUT2D eigenvalue weighted by Gasteiger charge is -2.30. The molecular formula is C25H26F3N7O2. The quantitative estimate of drug-likeness (QED) is 0.219. The van der Waals surface area contributed by atoms with E-state index in [1.54, 1.807) is 6.92 Å². The maximum absolute atomic E-state index is 14.7. The molecule has 2 aromatic heterocycles. The standard InChI is InChI=1S/C25H26F3N7O2/c1-12-20(25(36)33-18-6-5-15(34-35-29)9-17(18)26)22-23(32-12)21(30-11-31-22)16-8-14(24(27)28)4-7-19(16)37-10-13-2-3-13/h4,7-8,11,13,15,17-18,24,32H,2-3,5-6,9-10H2,1H3,(H,33,36)/t15-,17-,18-/m1/s1. The molecule has 1 aromatic carbocycles. The van der Waals surface area contributed by atoms with Crippen LogP contribution in [0, 0.1) is 12.8 Å². The number of benzene rings is 1. The van der Waals surface area contributed by atoms with Gasteiger partial charge in [-0.05, 0) is 68.7 Å². The van der Waals surface area contributed by atoms with Crippen LogP contribution in [0.2, 0.25) is 0 Å². The van der Waals surface area contributed by atoms with Gasteiger partial charge in [-0.15, -0.1) is 0 Å². The number of nitrogens with zero attached hydrogens (tertiary/aromatic N) is 5. The minimum atomic E-state index is -2.68. The number of nitrogens with one attached hydrogen (secondary N) is 2. The van der Waals surface area contributed by atoms with E-state index < -0.39 is 30.6 Å². The fourth-order valence-electron chi connectivity index (χ4n) is 4.77. The van der Waals surface area contributed by atoms with Crippen LogP contribution in [-0.2, 0) is 0 Å². The summed E-state index contributed by atoms with van der Waals surface area (Å²) in [4.78, 5) is 27.7. The molecule has 2 saturated carbocycles. The average Bonchev–Trinajstić information content (AvgIpc) is 3.64. The molecule has 12 heteroatoms. The third kappa shape index (κ3) is 5.20. The molecule has 0 radical (unpaired) electrons. The number of hydrogen-bond donors (Lipinski definition) is 2. The van der Waals surface area contributed by atoms with Crippen LogP contribution in [0.1, 0.15) is 60.1 Å². The highest BCUT2D eigenvalue weighted by Crippen LogP contribution is 2.38. The number of azide groups is 1. The van der Waals surface area contributed by atoms with Gasteiger partial charge in [0.1, 0.15) is 29.5 Å². The van der Waals surface area contributed by atoms with Crippen molar-refractivity contribution in [3.05, 3.63) is 51.8 Å². The number of amides is 1. The van der Waals surface area contributed by atoms with Crippen LogP contribution in [0.5, 0.6) is 5.75 Å². The highest BCUT2D eigenvalue weighted by Gasteiger charge is 2.33. The monoisotopic (exact) mass is 513 g/mol. The van der Waals surface area contributed by atoms with Gasteiger partial charge in [-0.3, -0.25) is 4.79 Å². The number of aromatic nitrogens is 3. The van der Waals surface area contributed by atoms with Crippen LogP contribution < -0.4 is 10.1 Å². The Morgan fingerprint density at radius 2 is 2.11 bits per heavy atom. The number of halogens is 3. The van der Waals surface area contributed by atoms with Crippen molar-refractivity contribution < 1.29 is 22.7 Å². The SMILES string of the molecule is Cc1[nH]c2c(-c3cc(C(F)F)ccc3OCC3CC3)ncnc2c1C(=O)N[C@@H]1CC[C@@H](N=[N+]=[N-])C[C@H]1F. The Morgan fingerprint density at radius 1 is 1.30 bits per heavy atom. The van der Waals surface area contributed by atoms with Crippen molar-refractivity contribution in [3.63, 3.8) is 0 Å². The summed E-state index contributed by atoms with van der Waals surface area (Å²) in [6.45, 7) is 2.17. The lowest BCUT2D eigenvalue weighted by atomic mass is 9.90. The minimum Gasteiger partial charge on any atom is -0.493 e. The number of aromatic amines is 1. The molecule has 2 heterocycles. The number of H-pyrrole nitrogens is 1. The van der Waals surface area contributed by atoms with E-state index in [0.29, 0.717) is 59.1 Å². The summed E-state index contributed by atoms with van der Waals surface area (Å²) < 4.78 is 47.7. The Balaban J connectivity index is 1.47. The van der Waals surface area contributed by atoms with E-state index in [0.717, 1.165) is 12.8 Å². The first-order valence-corrected chi connectivity index (χ1v) is 12.2. The predicted molar refractivity (Wildman–Crippen MR) is 130 cm³/mol. The molecule has 1 amide bonds. The number of rotatable bonds is 8. The van der Waals surface area contributed by atoms with Crippen LogP contribution >= 0.6 is 0 Å². The summed E-state index contributed by atoms with van der Waals surface area (Å²) in [6.07, 6.45) is 0.226. The van der Waals surface area contributed by atoms with E-state index in [4.69, 9.17) is 10.3 Å². The van der Waals surface area contributed by atoms with E-state index >= 15 is 0 Å². The number of ether oxygens (including phenoxy) is 1. The van der Waals surface area contributed by atoms with Gasteiger partial charge in [0.25, 0.3) is 12.3 Å². The maximum atomic E-state index is 14.7. The first-order valence-electron chi connectivity index (χ1n) is 12.2. The second-order valence-corrected chi connectivity index (χ2v) is 9.65. The van der Waals surface area contributed by atoms with Gasteiger partial charge in [-0.25, -0.2) is 23.1 Å². The summed E-state index contributed by atoms with van der Waals surface area (Å²) in [7, 11) is 0. The van der Waals surface area contributed by atoms with Crippen molar-refractivity contribution in [3.8, 4) is 17.0 Å². The smallest absolute Gasteiger partial charge is 0.263 e. The number of alkyl halides is 3. The normalized spacial score (nSPS) is 21.6. The summed E-state index contributed by atoms with van der Waals surface area (Å²) >= 11 is 0. The number of fused-ring (bicyclic) bond motifs is 1. The average molecular weight is 514 g/mol. The summed E-state index contributed by atoms with van der Waals surface area (Å²) in [5, 5.41) is 6.34. The molecule has 3 atom stereocenters. The molecular weight excluding hydrogens is 487 g/mol. The van der Waals surface area contributed by atoms with Crippen molar-refractivity contribution >= 4 is 16.9 Å². The zero-order chi connectivity index (χ0) is 26.1. The van der Waals surface area contributed by atoms with Gasteiger partial charge in [0, 0.05) is 27.8 Å². The first kappa shape index (κ1) is 24.9. The van der Waals surface area contributed by atoms with E-state index in [2.05, 4.69) is 30.3 Å². The van der Waals surface area contributed by atoms with Gasteiger partial charge in [0.15, 0.2) is 0 Å². The van der Waals surface area contributed by atoms with Crippen LogP contribution in [0.3, 0.4) is 0 Å². The Labute approximate surface area is 210 Å². The van der Waals surface area contributed by atoms with E-state index in [1.165, 1.54) is 24.5 Å². The molecule has 2 aliphatic rings. The van der Waals surface area contributed by atoms with Gasteiger partial charge in [-0.1, -0.05) is 5.11 Å². The molecule has 2 N–H and O–H groups in total. The Hall–Kier alpha value is -3.79. The third-order valence-corrected chi connectivity index (χ3v) is 6.96. The van der Waals surface area contributed by atoms with Crippen molar-refractivity contribution in [1.82, 2.24) is 20.3 Å². The highest BCUT2D eigenvalue weighted by atomic mass is 19.3. The van der Waals surface area contributed by atoms with Crippen LogP contribution in [0.4, 0.5) is 13.2 Å². The number of carbonyl (C=O) groups excluding carboxylic acids is 1. The molecule has 37 heavy (non-hydrogen) atoms. The molecule has 3 aromatic rings. The summed E-state index contributed by atoms with van der Waals surface area (Å²) in [5.41, 5.74) is 10.5. The largest absolute Gasteiger partial charge is 0.493 e. The second-order valence-electron chi connectivity index (χ2n) is 9.65. The van der Waals surface area contributed by atoms with Gasteiger partial charge in [-0.2, -0.15) is 0 Å². The minimum absolute atomic E-state index is 0.0400. The van der Waals surface area contributed by atoms with E-state index in [1.807, 2.05) is 0 Å². The van der Waals surface area contributed by atoms with Gasteiger partial charge >= 0.3 is 0 Å². The highest BCUT2D eigenvalue weighted by molar-refractivity contribution is 6.09. The topological polar surface area (TPSA) is 129 Å². The lowest BCUT2D eigenvalue weighted by Crippen LogP contribution is -2.45. The molecule has 0 aliphatic heterocycles. The molecule has 2 aliphatic carbocycles. The molecule has 5 rings (SSSR count). The molecule has 0 bridgehead atoms. The van der Waals surface area contributed by atoms with Gasteiger partial charge in [0.05, 0.1) is 23.7 Å². The van der Waals surface area contributed by atoms with Gasteiger partial charge in [0.2, 0.25) is 0 Å². The Bertz CT molecular complexity index is 1370. The molecule has 194 valence electrons. The zero-order valence-electron chi connectivity index (χ0n) is 20.1. The van der Waals surface area contributed by atoms with Crippen molar-refractivity contribution in [2.24, 2.45) is 11.0 Å². The number of carbonyl (C=O) groups is 1. The zero-order valence-corrected chi connectivity index (χ0v) is 20.1. The van der Waals surface area contributed by atoms with E-state index in [9.17, 15) is 18.0 Å². The number of aryl methyl sites for hydroxylation is 1. The fourth-order valence-corrected chi connectivity index (χ4v) is 4.77. The Morgan fingerprint density at radius 3 is 2.81 bits per heavy atom. The molecule has 9 nitrogen and oxygen atoms in total. The fraction of sp³-hybridized carbons (Fsp3) is 0.480. The van der Waals surface area contributed by atoms with Crippen LogP contribution in [0.25, 0.3) is 32.7 Å². The Kier molecular flexibility index (Phi) is 6.92.